The molecule has 0 N–H and O–H groups in total. The number of furan rings is 1. The van der Waals surface area contributed by atoms with Gasteiger partial charge in [-0.05, 0) is 111 Å². The van der Waals surface area contributed by atoms with Crippen LogP contribution in [0.1, 0.15) is 0 Å². The topological polar surface area (TPSA) is 16.4 Å². The van der Waals surface area contributed by atoms with Crippen molar-refractivity contribution in [1.29, 1.82) is 0 Å². The first kappa shape index (κ1) is 35.2. The first-order valence-corrected chi connectivity index (χ1v) is 21.6. The zero-order chi connectivity index (χ0) is 40.3. The monoisotopic (exact) mass is 795 g/mol. The van der Waals surface area contributed by atoms with Gasteiger partial charge in [0.15, 0.2) is 0 Å². The molecule has 0 spiro atoms. The Balaban J connectivity index is 0.985. The van der Waals surface area contributed by atoms with Gasteiger partial charge >= 0.3 is 0 Å². The SMILES string of the molecule is c1ccc(-c2ccc(-c3ccc(N(c4ccc(-c5ccc6c(c5)sc5ccccc56)cc4)c4cccc5oc6c7ccccc7ccc6c45)cc3)cc2-c2ccccc2)cc1. The Morgan fingerprint density at radius 3 is 1.66 bits per heavy atom. The molecule has 0 amide bonds. The molecule has 3 heteroatoms. The molecule has 0 bridgehead atoms. The van der Waals surface area contributed by atoms with E-state index >= 15 is 0 Å². The van der Waals surface area contributed by atoms with Crippen molar-refractivity contribution in [3.05, 3.63) is 224 Å². The third-order valence-corrected chi connectivity index (χ3v) is 13.2. The van der Waals surface area contributed by atoms with Gasteiger partial charge in [0.05, 0.1) is 11.1 Å². The zero-order valence-electron chi connectivity index (χ0n) is 33.1. The first-order valence-electron chi connectivity index (χ1n) is 20.7. The highest BCUT2D eigenvalue weighted by molar-refractivity contribution is 7.25. The van der Waals surface area contributed by atoms with E-state index in [9.17, 15) is 0 Å². The molecule has 0 aliphatic carbocycles. The fourth-order valence-electron chi connectivity index (χ4n) is 9.11. The maximum atomic E-state index is 6.70. The van der Waals surface area contributed by atoms with Gasteiger partial charge in [-0.1, -0.05) is 164 Å². The van der Waals surface area contributed by atoms with Crippen molar-refractivity contribution in [3.8, 4) is 44.5 Å². The highest BCUT2D eigenvalue weighted by atomic mass is 32.1. The number of nitrogens with zero attached hydrogens (tertiary/aromatic N) is 1. The predicted octanol–water partition coefficient (Wildman–Crippen LogP) is 17.2. The third kappa shape index (κ3) is 6.09. The van der Waals surface area contributed by atoms with Crippen LogP contribution in [0.5, 0.6) is 0 Å². The smallest absolute Gasteiger partial charge is 0.143 e. The summed E-state index contributed by atoms with van der Waals surface area (Å²) in [5.74, 6) is 0. The largest absolute Gasteiger partial charge is 0.455 e. The molecule has 10 aromatic carbocycles. The van der Waals surface area contributed by atoms with Crippen molar-refractivity contribution in [2.75, 3.05) is 4.90 Å². The fraction of sp³-hybridized carbons (Fsp3) is 0. The standard InChI is InChI=1S/C58H37NOS/c1-3-12-40(13-4-1)47-33-27-43(36-52(47)41-14-5-2-6-15-41)38-22-29-45(30-23-38)59(53-19-11-20-54-57(53)51-35-26-42-16-7-8-17-48(42)58(51)60-54)46-31-24-39(25-32-46)44-28-34-50-49-18-9-10-21-55(49)61-56(50)37-44/h1-37H. The van der Waals surface area contributed by atoms with Gasteiger partial charge in [0.1, 0.15) is 11.2 Å². The molecule has 0 aliphatic heterocycles. The van der Waals surface area contributed by atoms with Crippen LogP contribution in [0, 0.1) is 0 Å². The summed E-state index contributed by atoms with van der Waals surface area (Å²) in [5, 5.41) is 7.11. The summed E-state index contributed by atoms with van der Waals surface area (Å²) in [4.78, 5) is 2.38. The Hall–Kier alpha value is -7.72. The quantitative estimate of drug-likeness (QED) is 0.160. The van der Waals surface area contributed by atoms with Gasteiger partial charge in [0, 0.05) is 42.3 Å². The van der Waals surface area contributed by atoms with E-state index in [1.54, 1.807) is 0 Å². The molecular formula is C58H37NOS. The summed E-state index contributed by atoms with van der Waals surface area (Å²) in [5.41, 5.74) is 14.6. The minimum atomic E-state index is 0.866. The number of benzene rings is 10. The molecule has 2 aromatic heterocycles. The number of hydrogen-bond donors (Lipinski definition) is 0. The summed E-state index contributed by atoms with van der Waals surface area (Å²) in [6, 6.07) is 81.1. The highest BCUT2D eigenvalue weighted by Crippen LogP contribution is 2.46. The molecule has 2 nitrogen and oxygen atoms in total. The van der Waals surface area contributed by atoms with E-state index in [4.69, 9.17) is 4.42 Å². The maximum Gasteiger partial charge on any atom is 0.143 e. The molecule has 0 aliphatic rings. The van der Waals surface area contributed by atoms with E-state index < -0.39 is 0 Å². The first-order chi connectivity index (χ1) is 30.2. The predicted molar refractivity (Wildman–Crippen MR) is 261 cm³/mol. The van der Waals surface area contributed by atoms with Crippen LogP contribution in [0.15, 0.2) is 229 Å². The second-order valence-electron chi connectivity index (χ2n) is 15.6. The summed E-state index contributed by atoms with van der Waals surface area (Å²) in [7, 11) is 0. The average molecular weight is 796 g/mol. The molecule has 0 atom stereocenters. The number of rotatable bonds is 7. The highest BCUT2D eigenvalue weighted by Gasteiger charge is 2.21. The van der Waals surface area contributed by atoms with Crippen molar-refractivity contribution in [1.82, 2.24) is 0 Å². The summed E-state index contributed by atoms with van der Waals surface area (Å²) >= 11 is 1.86. The number of hydrogen-bond acceptors (Lipinski definition) is 3. The molecule has 286 valence electrons. The van der Waals surface area contributed by atoms with Crippen LogP contribution >= 0.6 is 11.3 Å². The molecule has 61 heavy (non-hydrogen) atoms. The molecular weight excluding hydrogens is 759 g/mol. The van der Waals surface area contributed by atoms with Crippen molar-refractivity contribution >= 4 is 81.3 Å². The van der Waals surface area contributed by atoms with Crippen molar-refractivity contribution in [2.45, 2.75) is 0 Å². The summed E-state index contributed by atoms with van der Waals surface area (Å²) in [6.07, 6.45) is 0. The Kier molecular flexibility index (Phi) is 8.39. The molecule has 0 saturated heterocycles. The van der Waals surface area contributed by atoms with Gasteiger partial charge in [-0.15, -0.1) is 11.3 Å². The molecule has 12 aromatic rings. The lowest BCUT2D eigenvalue weighted by Gasteiger charge is -2.26. The van der Waals surface area contributed by atoms with Crippen LogP contribution in [0.3, 0.4) is 0 Å². The van der Waals surface area contributed by atoms with Crippen LogP contribution in [-0.4, -0.2) is 0 Å². The van der Waals surface area contributed by atoms with Gasteiger partial charge < -0.3 is 9.32 Å². The number of fused-ring (bicyclic) bond motifs is 8. The van der Waals surface area contributed by atoms with Crippen LogP contribution < -0.4 is 4.90 Å². The third-order valence-electron chi connectivity index (χ3n) is 12.1. The lowest BCUT2D eigenvalue weighted by molar-refractivity contribution is 0.672. The van der Waals surface area contributed by atoms with Gasteiger partial charge in [-0.25, -0.2) is 0 Å². The van der Waals surface area contributed by atoms with Crippen LogP contribution in [0.2, 0.25) is 0 Å². The molecule has 0 saturated carbocycles. The molecule has 2 heterocycles. The van der Waals surface area contributed by atoms with Crippen molar-refractivity contribution < 1.29 is 4.42 Å². The van der Waals surface area contributed by atoms with Gasteiger partial charge in [-0.3, -0.25) is 0 Å². The van der Waals surface area contributed by atoms with E-state index in [-0.39, 0.29) is 0 Å². The van der Waals surface area contributed by atoms with Gasteiger partial charge in [0.25, 0.3) is 0 Å². The van der Waals surface area contributed by atoms with Crippen LogP contribution in [-0.2, 0) is 0 Å². The van der Waals surface area contributed by atoms with E-state index in [2.05, 4.69) is 229 Å². The number of thiophene rings is 1. The Labute approximate surface area is 357 Å². The molecule has 12 rings (SSSR count). The fourth-order valence-corrected chi connectivity index (χ4v) is 10.3. The zero-order valence-corrected chi connectivity index (χ0v) is 33.9. The van der Waals surface area contributed by atoms with Gasteiger partial charge in [-0.2, -0.15) is 0 Å². The second kappa shape index (κ2) is 14.5. The van der Waals surface area contributed by atoms with E-state index in [0.717, 1.165) is 50.0 Å². The second-order valence-corrected chi connectivity index (χ2v) is 16.7. The van der Waals surface area contributed by atoms with Crippen LogP contribution in [0.25, 0.3) is 97.4 Å². The minimum absolute atomic E-state index is 0.866. The lowest BCUT2D eigenvalue weighted by atomic mass is 9.91. The van der Waals surface area contributed by atoms with Crippen molar-refractivity contribution in [3.63, 3.8) is 0 Å². The van der Waals surface area contributed by atoms with E-state index in [1.165, 1.54) is 64.5 Å². The maximum absolute atomic E-state index is 6.70. The molecule has 0 unspecified atom stereocenters. The van der Waals surface area contributed by atoms with Crippen molar-refractivity contribution in [2.24, 2.45) is 0 Å². The van der Waals surface area contributed by atoms with Crippen LogP contribution in [0.4, 0.5) is 17.1 Å². The molecule has 0 fully saturated rings. The average Bonchev–Trinajstić information content (AvgIpc) is 3.91. The summed E-state index contributed by atoms with van der Waals surface area (Å²) < 4.78 is 9.33. The Morgan fingerprint density at radius 2 is 0.918 bits per heavy atom. The normalized spacial score (nSPS) is 11.6. The molecule has 0 radical (unpaired) electrons. The van der Waals surface area contributed by atoms with Gasteiger partial charge in [0.2, 0.25) is 0 Å². The Morgan fingerprint density at radius 1 is 0.344 bits per heavy atom. The van der Waals surface area contributed by atoms with E-state index in [0.29, 0.717) is 0 Å². The number of anilines is 3. The minimum Gasteiger partial charge on any atom is -0.455 e. The Bertz CT molecular complexity index is 3570. The van der Waals surface area contributed by atoms with E-state index in [1.807, 2.05) is 11.3 Å². The lowest BCUT2D eigenvalue weighted by Crippen LogP contribution is -2.10. The summed E-state index contributed by atoms with van der Waals surface area (Å²) in [6.45, 7) is 0.